The predicted octanol–water partition coefficient (Wildman–Crippen LogP) is -0.383. The fourth-order valence-corrected chi connectivity index (χ4v) is 2.46. The van der Waals surface area contributed by atoms with Crippen LogP contribution in [0.25, 0.3) is 0 Å². The van der Waals surface area contributed by atoms with E-state index in [2.05, 4.69) is 0 Å². The van der Waals surface area contributed by atoms with E-state index >= 15 is 0 Å². The van der Waals surface area contributed by atoms with Crippen molar-refractivity contribution in [1.82, 2.24) is 4.31 Å². The summed E-state index contributed by atoms with van der Waals surface area (Å²) in [6.07, 6.45) is 3.25. The smallest absolute Gasteiger partial charge is 0.211 e. The van der Waals surface area contributed by atoms with E-state index in [0.717, 1.165) is 12.8 Å². The van der Waals surface area contributed by atoms with Crippen LogP contribution in [-0.2, 0) is 10.0 Å². The maximum absolute atomic E-state index is 11.1. The molecule has 1 fully saturated rings. The molecule has 0 bridgehead atoms. The molecule has 0 saturated carbocycles. The van der Waals surface area contributed by atoms with Crippen LogP contribution >= 0.6 is 0 Å². The Morgan fingerprint density at radius 1 is 1.58 bits per heavy atom. The molecule has 0 amide bonds. The van der Waals surface area contributed by atoms with Crippen LogP contribution in [0.4, 0.5) is 0 Å². The molecular formula is C7H16N2O2S. The number of rotatable bonds is 2. The second-order valence-electron chi connectivity index (χ2n) is 3.36. The highest BCUT2D eigenvalue weighted by molar-refractivity contribution is 7.88. The minimum Gasteiger partial charge on any atom is -0.330 e. The molecule has 4 nitrogen and oxygen atoms in total. The van der Waals surface area contributed by atoms with Crippen molar-refractivity contribution < 1.29 is 8.42 Å². The average molecular weight is 192 g/mol. The molecule has 1 heterocycles. The number of sulfonamides is 1. The molecule has 1 aliphatic heterocycles. The third-order valence-corrected chi connectivity index (χ3v) is 3.55. The number of hydrogen-bond acceptors (Lipinski definition) is 3. The predicted molar refractivity (Wildman–Crippen MR) is 48.2 cm³/mol. The Bertz CT molecular complexity index is 238. The Morgan fingerprint density at radius 3 is 2.75 bits per heavy atom. The molecule has 1 rings (SSSR count). The van der Waals surface area contributed by atoms with Gasteiger partial charge in [0.25, 0.3) is 0 Å². The third kappa shape index (κ3) is 2.43. The molecule has 1 aliphatic rings. The summed E-state index contributed by atoms with van der Waals surface area (Å²) in [5.41, 5.74) is 5.49. The molecule has 0 aromatic carbocycles. The van der Waals surface area contributed by atoms with Crippen LogP contribution in [0.2, 0.25) is 0 Å². The molecular weight excluding hydrogens is 176 g/mol. The van der Waals surface area contributed by atoms with Crippen molar-refractivity contribution in [1.29, 1.82) is 0 Å². The Kier molecular flexibility index (Phi) is 3.09. The zero-order valence-corrected chi connectivity index (χ0v) is 8.18. The molecule has 0 spiro atoms. The van der Waals surface area contributed by atoms with Gasteiger partial charge in [-0.3, -0.25) is 0 Å². The minimum absolute atomic E-state index is 0.355. The summed E-state index contributed by atoms with van der Waals surface area (Å²) in [5, 5.41) is 0. The van der Waals surface area contributed by atoms with Crippen molar-refractivity contribution in [2.24, 2.45) is 11.7 Å². The van der Waals surface area contributed by atoms with E-state index < -0.39 is 10.0 Å². The first-order valence-corrected chi connectivity index (χ1v) is 6.04. The van der Waals surface area contributed by atoms with Gasteiger partial charge < -0.3 is 5.73 Å². The van der Waals surface area contributed by atoms with Gasteiger partial charge in [0.05, 0.1) is 6.26 Å². The van der Waals surface area contributed by atoms with Gasteiger partial charge in [-0.2, -0.15) is 0 Å². The highest BCUT2D eigenvalue weighted by atomic mass is 32.2. The Balaban J connectivity index is 2.58. The average Bonchev–Trinajstić information content (AvgIpc) is 2.03. The fourth-order valence-electron chi connectivity index (χ4n) is 1.52. The van der Waals surface area contributed by atoms with Crippen molar-refractivity contribution in [3.8, 4) is 0 Å². The van der Waals surface area contributed by atoms with Crippen LogP contribution in [0, 0.1) is 5.92 Å². The van der Waals surface area contributed by atoms with Gasteiger partial charge in [-0.1, -0.05) is 0 Å². The standard InChI is InChI=1S/C7H16N2O2S/c1-12(10,11)9-4-2-3-7(5-8)6-9/h7H,2-6,8H2,1H3/t7-/m0/s1. The van der Waals surface area contributed by atoms with E-state index in [1.807, 2.05) is 0 Å². The molecule has 72 valence electrons. The van der Waals surface area contributed by atoms with Crippen LogP contribution in [0.1, 0.15) is 12.8 Å². The first-order chi connectivity index (χ1) is 5.54. The second kappa shape index (κ2) is 3.72. The van der Waals surface area contributed by atoms with E-state index in [0.29, 0.717) is 25.6 Å². The topological polar surface area (TPSA) is 63.4 Å². The molecule has 2 N–H and O–H groups in total. The van der Waals surface area contributed by atoms with E-state index in [4.69, 9.17) is 5.73 Å². The van der Waals surface area contributed by atoms with Crippen molar-refractivity contribution >= 4 is 10.0 Å². The molecule has 0 aromatic rings. The van der Waals surface area contributed by atoms with E-state index in [1.54, 1.807) is 0 Å². The maximum atomic E-state index is 11.1. The summed E-state index contributed by atoms with van der Waals surface area (Å²) >= 11 is 0. The lowest BCUT2D eigenvalue weighted by Crippen LogP contribution is -2.41. The maximum Gasteiger partial charge on any atom is 0.211 e. The molecule has 0 radical (unpaired) electrons. The summed E-state index contributed by atoms with van der Waals surface area (Å²) in [4.78, 5) is 0. The normalized spacial score (nSPS) is 27.3. The molecule has 0 aliphatic carbocycles. The van der Waals surface area contributed by atoms with Gasteiger partial charge >= 0.3 is 0 Å². The lowest BCUT2D eigenvalue weighted by Gasteiger charge is -2.29. The van der Waals surface area contributed by atoms with Crippen molar-refractivity contribution in [2.75, 3.05) is 25.9 Å². The summed E-state index contributed by atoms with van der Waals surface area (Å²) in [6, 6.07) is 0. The van der Waals surface area contributed by atoms with Crippen LogP contribution < -0.4 is 5.73 Å². The monoisotopic (exact) mass is 192 g/mol. The van der Waals surface area contributed by atoms with Gasteiger partial charge in [0, 0.05) is 13.1 Å². The van der Waals surface area contributed by atoms with Crippen LogP contribution in [0.5, 0.6) is 0 Å². The van der Waals surface area contributed by atoms with Gasteiger partial charge in [-0.05, 0) is 25.3 Å². The summed E-state index contributed by atoms with van der Waals surface area (Å²) in [6.45, 7) is 1.86. The fraction of sp³-hybridized carbons (Fsp3) is 1.00. The number of nitrogens with two attached hydrogens (primary N) is 1. The number of nitrogens with zero attached hydrogens (tertiary/aromatic N) is 1. The highest BCUT2D eigenvalue weighted by Crippen LogP contribution is 2.17. The minimum atomic E-state index is -2.99. The molecule has 1 atom stereocenters. The lowest BCUT2D eigenvalue weighted by atomic mass is 10.0. The Morgan fingerprint density at radius 2 is 2.25 bits per heavy atom. The van der Waals surface area contributed by atoms with Crippen molar-refractivity contribution in [3.63, 3.8) is 0 Å². The van der Waals surface area contributed by atoms with Crippen molar-refractivity contribution in [3.05, 3.63) is 0 Å². The van der Waals surface area contributed by atoms with Crippen LogP contribution in [0.15, 0.2) is 0 Å². The second-order valence-corrected chi connectivity index (χ2v) is 5.35. The molecule has 1 saturated heterocycles. The highest BCUT2D eigenvalue weighted by Gasteiger charge is 2.24. The summed E-state index contributed by atoms with van der Waals surface area (Å²) < 4.78 is 23.8. The van der Waals surface area contributed by atoms with Gasteiger partial charge in [-0.25, -0.2) is 12.7 Å². The SMILES string of the molecule is CS(=O)(=O)N1CCC[C@@H](CN)C1. The molecule has 12 heavy (non-hydrogen) atoms. The van der Waals surface area contributed by atoms with E-state index in [1.165, 1.54) is 10.6 Å². The number of piperidine rings is 1. The third-order valence-electron chi connectivity index (χ3n) is 2.28. The van der Waals surface area contributed by atoms with Gasteiger partial charge in [0.15, 0.2) is 0 Å². The first kappa shape index (κ1) is 9.95. The largest absolute Gasteiger partial charge is 0.330 e. The van der Waals surface area contributed by atoms with Gasteiger partial charge in [-0.15, -0.1) is 0 Å². The summed E-state index contributed by atoms with van der Waals surface area (Å²) in [7, 11) is -2.99. The van der Waals surface area contributed by atoms with E-state index in [-0.39, 0.29) is 0 Å². The zero-order chi connectivity index (χ0) is 9.19. The summed E-state index contributed by atoms with van der Waals surface area (Å²) in [5.74, 6) is 0.355. The zero-order valence-electron chi connectivity index (χ0n) is 7.36. The first-order valence-electron chi connectivity index (χ1n) is 4.19. The number of hydrogen-bond donors (Lipinski definition) is 1. The lowest BCUT2D eigenvalue weighted by molar-refractivity contribution is 0.273. The molecule has 0 aromatic heterocycles. The van der Waals surface area contributed by atoms with Gasteiger partial charge in [0.2, 0.25) is 10.0 Å². The molecule has 0 unspecified atom stereocenters. The van der Waals surface area contributed by atoms with E-state index in [9.17, 15) is 8.42 Å². The Labute approximate surface area is 73.8 Å². The van der Waals surface area contributed by atoms with Gasteiger partial charge in [0.1, 0.15) is 0 Å². The van der Waals surface area contributed by atoms with Crippen molar-refractivity contribution in [2.45, 2.75) is 12.8 Å². The Hall–Kier alpha value is -0.130. The van der Waals surface area contributed by atoms with Crippen LogP contribution in [0.3, 0.4) is 0 Å². The van der Waals surface area contributed by atoms with Crippen LogP contribution in [-0.4, -0.2) is 38.6 Å². The quantitative estimate of drug-likeness (QED) is 0.648. The molecule has 5 heteroatoms.